The first kappa shape index (κ1) is 14.6. The van der Waals surface area contributed by atoms with Crippen LogP contribution in [0.2, 0.25) is 0 Å². The zero-order chi connectivity index (χ0) is 15.2. The molecule has 0 saturated carbocycles. The van der Waals surface area contributed by atoms with E-state index in [9.17, 15) is 9.90 Å². The molecule has 5 heteroatoms. The van der Waals surface area contributed by atoms with E-state index in [0.29, 0.717) is 22.4 Å². The largest absolute Gasteiger partial charge is 0.504 e. The number of carbonyl (C=O) groups excluding carboxylic acids is 1. The predicted octanol–water partition coefficient (Wildman–Crippen LogP) is 2.51. The number of benzene rings is 1. The molecule has 0 unspecified atom stereocenters. The third-order valence-electron chi connectivity index (χ3n) is 2.91. The number of rotatable bonds is 4. The highest BCUT2D eigenvalue weighted by molar-refractivity contribution is 6.21. The Hall–Kier alpha value is -2.82. The maximum Gasteiger partial charge on any atom is 0.338 e. The molecule has 108 valence electrons. The molecule has 2 rings (SSSR count). The van der Waals surface area contributed by atoms with Crippen molar-refractivity contribution < 1.29 is 19.4 Å². The lowest BCUT2D eigenvalue weighted by Crippen LogP contribution is -2.03. The Labute approximate surface area is 122 Å². The van der Waals surface area contributed by atoms with Crippen LogP contribution in [0.15, 0.2) is 42.7 Å². The van der Waals surface area contributed by atoms with Crippen LogP contribution in [0.1, 0.15) is 11.1 Å². The van der Waals surface area contributed by atoms with Crippen molar-refractivity contribution in [2.75, 3.05) is 14.2 Å². The lowest BCUT2D eigenvalue weighted by molar-refractivity contribution is -0.133. The van der Waals surface area contributed by atoms with Crippen LogP contribution in [0, 0.1) is 0 Å². The highest BCUT2D eigenvalue weighted by Crippen LogP contribution is 2.28. The number of esters is 1. The smallest absolute Gasteiger partial charge is 0.338 e. The number of aromatic hydroxyl groups is 1. The number of pyridine rings is 1. The zero-order valence-electron chi connectivity index (χ0n) is 11.7. The van der Waals surface area contributed by atoms with Crippen molar-refractivity contribution in [1.82, 2.24) is 4.98 Å². The minimum atomic E-state index is -0.462. The third kappa shape index (κ3) is 3.39. The summed E-state index contributed by atoms with van der Waals surface area (Å²) in [6.07, 6.45) is 4.83. The molecule has 0 spiro atoms. The molecule has 1 N–H and O–H groups in total. The van der Waals surface area contributed by atoms with Crippen molar-refractivity contribution in [3.63, 3.8) is 0 Å². The van der Waals surface area contributed by atoms with Crippen molar-refractivity contribution in [3.8, 4) is 11.5 Å². The van der Waals surface area contributed by atoms with Crippen LogP contribution in [0.5, 0.6) is 11.5 Å². The van der Waals surface area contributed by atoms with Crippen LogP contribution < -0.4 is 4.74 Å². The highest BCUT2D eigenvalue weighted by Gasteiger charge is 2.13. The fraction of sp³-hybridized carbons (Fsp3) is 0.125. The van der Waals surface area contributed by atoms with Gasteiger partial charge in [0, 0.05) is 12.4 Å². The summed E-state index contributed by atoms with van der Waals surface area (Å²) >= 11 is 0. The first-order valence-corrected chi connectivity index (χ1v) is 6.23. The Kier molecular flexibility index (Phi) is 4.56. The average Bonchev–Trinajstić information content (AvgIpc) is 2.53. The molecule has 5 nitrogen and oxygen atoms in total. The van der Waals surface area contributed by atoms with E-state index in [4.69, 9.17) is 9.47 Å². The van der Waals surface area contributed by atoms with E-state index in [2.05, 4.69) is 4.98 Å². The Morgan fingerprint density at radius 3 is 2.48 bits per heavy atom. The molecule has 0 radical (unpaired) electrons. The molecular weight excluding hydrogens is 270 g/mol. The minimum Gasteiger partial charge on any atom is -0.504 e. The molecule has 0 aliphatic carbocycles. The molecule has 0 bridgehead atoms. The monoisotopic (exact) mass is 285 g/mol. The van der Waals surface area contributed by atoms with Crippen LogP contribution in [0.3, 0.4) is 0 Å². The Bertz CT molecular complexity index is 665. The predicted molar refractivity (Wildman–Crippen MR) is 78.8 cm³/mol. The number of methoxy groups -OCH3 is 2. The maximum absolute atomic E-state index is 11.9. The SMILES string of the molecule is COC(=O)/C(=C\c1ccc(OC)c(O)c1)c1ccncc1. The summed E-state index contributed by atoms with van der Waals surface area (Å²) in [5.74, 6) is -0.0858. The first-order chi connectivity index (χ1) is 10.2. The van der Waals surface area contributed by atoms with Gasteiger partial charge in [0.25, 0.3) is 0 Å². The van der Waals surface area contributed by atoms with E-state index >= 15 is 0 Å². The molecule has 0 aliphatic rings. The van der Waals surface area contributed by atoms with Gasteiger partial charge in [0.05, 0.1) is 19.8 Å². The standard InChI is InChI=1S/C16H15NO4/c1-20-15-4-3-11(10-14(15)18)9-13(16(19)21-2)12-5-7-17-8-6-12/h3-10,18H,1-2H3/b13-9-. The van der Waals surface area contributed by atoms with Gasteiger partial charge in [-0.2, -0.15) is 0 Å². The zero-order valence-corrected chi connectivity index (χ0v) is 11.7. The summed E-state index contributed by atoms with van der Waals surface area (Å²) in [5, 5.41) is 9.79. The van der Waals surface area contributed by atoms with Gasteiger partial charge in [-0.15, -0.1) is 0 Å². The third-order valence-corrected chi connectivity index (χ3v) is 2.91. The quantitative estimate of drug-likeness (QED) is 0.690. The first-order valence-electron chi connectivity index (χ1n) is 6.23. The van der Waals surface area contributed by atoms with Gasteiger partial charge in [-0.25, -0.2) is 4.79 Å². The number of hydrogen-bond donors (Lipinski definition) is 1. The topological polar surface area (TPSA) is 68.7 Å². The van der Waals surface area contributed by atoms with Crippen LogP contribution in [-0.4, -0.2) is 30.3 Å². The van der Waals surface area contributed by atoms with E-state index in [0.717, 1.165) is 0 Å². The van der Waals surface area contributed by atoms with Crippen LogP contribution >= 0.6 is 0 Å². The number of phenolic OH excluding ortho intramolecular Hbond substituents is 1. The maximum atomic E-state index is 11.9. The second-order valence-electron chi connectivity index (χ2n) is 4.22. The minimum absolute atomic E-state index is 0.00481. The second-order valence-corrected chi connectivity index (χ2v) is 4.22. The number of hydrogen-bond acceptors (Lipinski definition) is 5. The molecule has 1 heterocycles. The van der Waals surface area contributed by atoms with E-state index in [1.807, 2.05) is 0 Å². The molecule has 21 heavy (non-hydrogen) atoms. The van der Waals surface area contributed by atoms with Crippen molar-refractivity contribution in [2.24, 2.45) is 0 Å². The Morgan fingerprint density at radius 1 is 1.19 bits per heavy atom. The van der Waals surface area contributed by atoms with E-state index in [1.54, 1.807) is 42.7 Å². The molecule has 1 aromatic carbocycles. The average molecular weight is 285 g/mol. The van der Waals surface area contributed by atoms with Gasteiger partial charge < -0.3 is 14.6 Å². The van der Waals surface area contributed by atoms with Gasteiger partial charge >= 0.3 is 5.97 Å². The van der Waals surface area contributed by atoms with Crippen LogP contribution in [-0.2, 0) is 9.53 Å². The van der Waals surface area contributed by atoms with E-state index in [-0.39, 0.29) is 5.75 Å². The van der Waals surface area contributed by atoms with Gasteiger partial charge in [-0.3, -0.25) is 4.98 Å². The molecule has 1 aromatic heterocycles. The molecule has 0 fully saturated rings. The highest BCUT2D eigenvalue weighted by atomic mass is 16.5. The lowest BCUT2D eigenvalue weighted by atomic mass is 10.0. The van der Waals surface area contributed by atoms with Gasteiger partial charge in [-0.1, -0.05) is 6.07 Å². The fourth-order valence-electron chi connectivity index (χ4n) is 1.86. The number of nitrogens with zero attached hydrogens (tertiary/aromatic N) is 1. The van der Waals surface area contributed by atoms with E-state index < -0.39 is 5.97 Å². The van der Waals surface area contributed by atoms with Gasteiger partial charge in [0.1, 0.15) is 0 Å². The molecular formula is C16H15NO4. The van der Waals surface area contributed by atoms with Crippen molar-refractivity contribution in [2.45, 2.75) is 0 Å². The lowest BCUT2D eigenvalue weighted by Gasteiger charge is -2.07. The molecule has 0 amide bonds. The number of phenols is 1. The second kappa shape index (κ2) is 6.56. The Balaban J connectivity index is 2.46. The van der Waals surface area contributed by atoms with Crippen molar-refractivity contribution in [3.05, 3.63) is 53.9 Å². The molecule has 0 saturated heterocycles. The molecule has 2 aromatic rings. The fourth-order valence-corrected chi connectivity index (χ4v) is 1.86. The summed E-state index contributed by atoms with van der Waals surface area (Å²) in [6, 6.07) is 8.31. The number of ether oxygens (including phenoxy) is 2. The Morgan fingerprint density at radius 2 is 1.90 bits per heavy atom. The van der Waals surface area contributed by atoms with Crippen LogP contribution in [0.25, 0.3) is 11.6 Å². The van der Waals surface area contributed by atoms with Gasteiger partial charge in [0.15, 0.2) is 11.5 Å². The van der Waals surface area contributed by atoms with Gasteiger partial charge in [0.2, 0.25) is 0 Å². The summed E-state index contributed by atoms with van der Waals surface area (Å²) in [6.45, 7) is 0. The number of aromatic nitrogens is 1. The number of carbonyl (C=O) groups is 1. The normalized spacial score (nSPS) is 11.0. The summed E-state index contributed by atoms with van der Waals surface area (Å²) in [7, 11) is 2.80. The van der Waals surface area contributed by atoms with Crippen molar-refractivity contribution >= 4 is 17.6 Å². The van der Waals surface area contributed by atoms with Crippen molar-refractivity contribution in [1.29, 1.82) is 0 Å². The van der Waals surface area contributed by atoms with E-state index in [1.165, 1.54) is 20.3 Å². The summed E-state index contributed by atoms with van der Waals surface area (Å²) < 4.78 is 9.79. The summed E-state index contributed by atoms with van der Waals surface area (Å²) in [4.78, 5) is 15.8. The molecule has 0 atom stereocenters. The molecule has 0 aliphatic heterocycles. The summed E-state index contributed by atoms with van der Waals surface area (Å²) in [5.41, 5.74) is 1.72. The van der Waals surface area contributed by atoms with Gasteiger partial charge in [-0.05, 0) is 41.5 Å². The van der Waals surface area contributed by atoms with Crippen LogP contribution in [0.4, 0.5) is 0 Å².